The van der Waals surface area contributed by atoms with Crippen molar-refractivity contribution in [1.82, 2.24) is 9.97 Å². The van der Waals surface area contributed by atoms with E-state index in [1.54, 1.807) is 0 Å². The summed E-state index contributed by atoms with van der Waals surface area (Å²) in [6, 6.07) is 10.00. The maximum atomic E-state index is 5.59. The lowest BCUT2D eigenvalue weighted by atomic mass is 10.1. The molecule has 0 atom stereocenters. The van der Waals surface area contributed by atoms with Crippen molar-refractivity contribution in [3.05, 3.63) is 36.2 Å². The average molecular weight is 271 g/mol. The zero-order valence-corrected chi connectivity index (χ0v) is 12.3. The van der Waals surface area contributed by atoms with Crippen LogP contribution in [-0.2, 0) is 6.42 Å². The van der Waals surface area contributed by atoms with Crippen LogP contribution in [0.1, 0.15) is 26.1 Å². The summed E-state index contributed by atoms with van der Waals surface area (Å²) >= 11 is 0. The molecule has 0 fully saturated rings. The van der Waals surface area contributed by atoms with E-state index in [1.165, 1.54) is 0 Å². The predicted molar refractivity (Wildman–Crippen MR) is 82.2 cm³/mol. The van der Waals surface area contributed by atoms with Crippen LogP contribution < -0.4 is 10.1 Å². The highest BCUT2D eigenvalue weighted by Gasteiger charge is 2.05. The highest BCUT2D eigenvalue weighted by molar-refractivity contribution is 5.63. The van der Waals surface area contributed by atoms with Gasteiger partial charge in [0, 0.05) is 25.1 Å². The van der Waals surface area contributed by atoms with Crippen molar-refractivity contribution in [2.45, 2.75) is 26.7 Å². The van der Waals surface area contributed by atoms with Crippen LogP contribution >= 0.6 is 0 Å². The molecule has 0 unspecified atom stereocenters. The standard InChI is InChI=1S/C16H21N3O/c1-4-10-20-13-8-6-12(7-9-13)14-11-16(17-3)19-15(5-2)18-14/h6-9,11H,4-5,10H2,1-3H3,(H,17,18,19). The van der Waals surface area contributed by atoms with E-state index < -0.39 is 0 Å². The minimum absolute atomic E-state index is 0.747. The molecule has 2 aromatic rings. The molecule has 0 aliphatic heterocycles. The number of nitrogens with zero attached hydrogens (tertiary/aromatic N) is 2. The van der Waals surface area contributed by atoms with Gasteiger partial charge in [-0.05, 0) is 30.7 Å². The van der Waals surface area contributed by atoms with Crippen LogP contribution in [0.25, 0.3) is 11.3 Å². The van der Waals surface area contributed by atoms with E-state index in [2.05, 4.69) is 29.1 Å². The molecule has 1 aromatic carbocycles. The average Bonchev–Trinajstić information content (AvgIpc) is 2.52. The number of benzene rings is 1. The van der Waals surface area contributed by atoms with Gasteiger partial charge >= 0.3 is 0 Å². The fraction of sp³-hybridized carbons (Fsp3) is 0.375. The molecule has 1 heterocycles. The first-order chi connectivity index (χ1) is 9.76. The third-order valence-electron chi connectivity index (χ3n) is 2.97. The summed E-state index contributed by atoms with van der Waals surface area (Å²) in [5, 5.41) is 3.08. The Morgan fingerprint density at radius 2 is 1.85 bits per heavy atom. The summed E-state index contributed by atoms with van der Waals surface area (Å²) in [6.07, 6.45) is 1.83. The van der Waals surface area contributed by atoms with Gasteiger partial charge in [-0.1, -0.05) is 13.8 Å². The first kappa shape index (κ1) is 14.3. The van der Waals surface area contributed by atoms with Crippen molar-refractivity contribution in [3.63, 3.8) is 0 Å². The molecule has 4 nitrogen and oxygen atoms in total. The predicted octanol–water partition coefficient (Wildman–Crippen LogP) is 3.54. The van der Waals surface area contributed by atoms with E-state index in [4.69, 9.17) is 4.74 Å². The first-order valence-corrected chi connectivity index (χ1v) is 7.05. The molecule has 0 bridgehead atoms. The van der Waals surface area contributed by atoms with Crippen molar-refractivity contribution >= 4 is 5.82 Å². The number of hydrogen-bond acceptors (Lipinski definition) is 4. The van der Waals surface area contributed by atoms with Crippen molar-refractivity contribution in [2.24, 2.45) is 0 Å². The van der Waals surface area contributed by atoms with E-state index in [1.807, 2.05) is 37.4 Å². The fourth-order valence-corrected chi connectivity index (χ4v) is 1.87. The molecule has 0 aliphatic rings. The molecule has 20 heavy (non-hydrogen) atoms. The molecule has 0 radical (unpaired) electrons. The van der Waals surface area contributed by atoms with E-state index in [-0.39, 0.29) is 0 Å². The van der Waals surface area contributed by atoms with Crippen LogP contribution in [0.2, 0.25) is 0 Å². The van der Waals surface area contributed by atoms with Crippen molar-refractivity contribution in [2.75, 3.05) is 19.0 Å². The second-order valence-electron chi connectivity index (χ2n) is 4.53. The van der Waals surface area contributed by atoms with Gasteiger partial charge < -0.3 is 10.1 Å². The Morgan fingerprint density at radius 3 is 2.45 bits per heavy atom. The number of hydrogen-bond donors (Lipinski definition) is 1. The van der Waals surface area contributed by atoms with Crippen molar-refractivity contribution in [1.29, 1.82) is 0 Å². The van der Waals surface area contributed by atoms with Crippen molar-refractivity contribution < 1.29 is 4.74 Å². The molecule has 106 valence electrons. The van der Waals surface area contributed by atoms with E-state index in [0.717, 1.165) is 48.1 Å². The number of aryl methyl sites for hydroxylation is 1. The molecule has 1 N–H and O–H groups in total. The largest absolute Gasteiger partial charge is 0.494 e. The van der Waals surface area contributed by atoms with E-state index in [0.29, 0.717) is 0 Å². The summed E-state index contributed by atoms with van der Waals surface area (Å²) in [7, 11) is 1.87. The minimum atomic E-state index is 0.747. The van der Waals surface area contributed by atoms with Gasteiger partial charge in [-0.15, -0.1) is 0 Å². The number of aromatic nitrogens is 2. The monoisotopic (exact) mass is 271 g/mol. The van der Waals surface area contributed by atoms with Gasteiger partial charge in [0.2, 0.25) is 0 Å². The zero-order valence-electron chi connectivity index (χ0n) is 12.3. The van der Waals surface area contributed by atoms with Gasteiger partial charge in [-0.25, -0.2) is 9.97 Å². The highest BCUT2D eigenvalue weighted by Crippen LogP contribution is 2.23. The molecule has 0 amide bonds. The molecule has 0 aliphatic carbocycles. The Balaban J connectivity index is 2.26. The van der Waals surface area contributed by atoms with Crippen LogP contribution in [0, 0.1) is 0 Å². The zero-order chi connectivity index (χ0) is 14.4. The van der Waals surface area contributed by atoms with Gasteiger partial charge in [0.1, 0.15) is 17.4 Å². The van der Waals surface area contributed by atoms with Gasteiger partial charge in [-0.3, -0.25) is 0 Å². The fourth-order valence-electron chi connectivity index (χ4n) is 1.87. The lowest BCUT2D eigenvalue weighted by molar-refractivity contribution is 0.317. The minimum Gasteiger partial charge on any atom is -0.494 e. The highest BCUT2D eigenvalue weighted by atomic mass is 16.5. The van der Waals surface area contributed by atoms with Crippen LogP contribution in [0.3, 0.4) is 0 Å². The van der Waals surface area contributed by atoms with Gasteiger partial charge in [-0.2, -0.15) is 0 Å². The molecular formula is C16H21N3O. The Bertz CT molecular complexity index is 530. The normalized spacial score (nSPS) is 10.3. The molecular weight excluding hydrogens is 250 g/mol. The number of anilines is 1. The molecule has 0 spiro atoms. The Hall–Kier alpha value is -2.10. The third-order valence-corrected chi connectivity index (χ3v) is 2.97. The summed E-state index contributed by atoms with van der Waals surface area (Å²) in [5.74, 6) is 2.59. The van der Waals surface area contributed by atoms with Crippen molar-refractivity contribution in [3.8, 4) is 17.0 Å². The van der Waals surface area contributed by atoms with Crippen LogP contribution in [0.4, 0.5) is 5.82 Å². The number of rotatable bonds is 6. The summed E-state index contributed by atoms with van der Waals surface area (Å²) < 4.78 is 5.59. The van der Waals surface area contributed by atoms with Crippen LogP contribution in [-0.4, -0.2) is 23.6 Å². The Morgan fingerprint density at radius 1 is 1.10 bits per heavy atom. The Kier molecular flexibility index (Phi) is 4.93. The van der Waals surface area contributed by atoms with Gasteiger partial charge in [0.25, 0.3) is 0 Å². The summed E-state index contributed by atoms with van der Waals surface area (Å²) in [5.41, 5.74) is 2.01. The molecule has 0 saturated carbocycles. The second kappa shape index (κ2) is 6.89. The molecule has 1 aromatic heterocycles. The number of nitrogens with one attached hydrogen (secondary N) is 1. The lowest BCUT2D eigenvalue weighted by Gasteiger charge is -2.08. The quantitative estimate of drug-likeness (QED) is 0.873. The van der Waals surface area contributed by atoms with E-state index in [9.17, 15) is 0 Å². The second-order valence-corrected chi connectivity index (χ2v) is 4.53. The van der Waals surface area contributed by atoms with Crippen LogP contribution in [0.15, 0.2) is 30.3 Å². The third kappa shape index (κ3) is 3.47. The van der Waals surface area contributed by atoms with Crippen LogP contribution in [0.5, 0.6) is 5.75 Å². The summed E-state index contributed by atoms with van der Waals surface area (Å²) in [4.78, 5) is 8.98. The SMILES string of the molecule is CCCOc1ccc(-c2cc(NC)nc(CC)n2)cc1. The molecule has 2 rings (SSSR count). The first-order valence-electron chi connectivity index (χ1n) is 7.05. The van der Waals surface area contributed by atoms with Gasteiger partial charge in [0.05, 0.1) is 12.3 Å². The topological polar surface area (TPSA) is 47.0 Å². The maximum Gasteiger partial charge on any atom is 0.131 e. The van der Waals surface area contributed by atoms with E-state index >= 15 is 0 Å². The summed E-state index contributed by atoms with van der Waals surface area (Å²) in [6.45, 7) is 4.90. The Labute approximate surface area is 120 Å². The lowest BCUT2D eigenvalue weighted by Crippen LogP contribution is -2.00. The van der Waals surface area contributed by atoms with Gasteiger partial charge in [0.15, 0.2) is 0 Å². The maximum absolute atomic E-state index is 5.59. The molecule has 0 saturated heterocycles. The number of ether oxygens (including phenoxy) is 1. The smallest absolute Gasteiger partial charge is 0.131 e. The molecule has 4 heteroatoms.